The van der Waals surface area contributed by atoms with E-state index >= 15 is 0 Å². The Morgan fingerprint density at radius 3 is 2.81 bits per heavy atom. The highest BCUT2D eigenvalue weighted by Crippen LogP contribution is 2.27. The van der Waals surface area contributed by atoms with E-state index in [0.717, 1.165) is 4.47 Å². The first-order chi connectivity index (χ1) is 9.99. The first kappa shape index (κ1) is 15.7. The van der Waals surface area contributed by atoms with Crippen molar-refractivity contribution in [3.8, 4) is 5.75 Å². The molecule has 1 amide bonds. The zero-order valence-corrected chi connectivity index (χ0v) is 13.7. The van der Waals surface area contributed by atoms with Crippen LogP contribution in [0.15, 0.2) is 40.9 Å². The number of amides is 1. The summed E-state index contributed by atoms with van der Waals surface area (Å²) < 4.78 is 6.20. The van der Waals surface area contributed by atoms with Gasteiger partial charge in [0.15, 0.2) is 0 Å². The first-order valence-corrected chi connectivity index (χ1v) is 7.46. The van der Waals surface area contributed by atoms with Crippen LogP contribution in [0.5, 0.6) is 5.75 Å². The minimum Gasteiger partial charge on any atom is -0.494 e. The number of halogens is 2. The summed E-state index contributed by atoms with van der Waals surface area (Å²) in [4.78, 5) is 12.3. The van der Waals surface area contributed by atoms with Crippen LogP contribution < -0.4 is 15.8 Å². The van der Waals surface area contributed by atoms with E-state index in [0.29, 0.717) is 34.3 Å². The Bertz CT molecular complexity index is 677. The molecular formula is C15H14BrClN2O2. The monoisotopic (exact) mass is 368 g/mol. The van der Waals surface area contributed by atoms with Crippen LogP contribution >= 0.6 is 27.5 Å². The van der Waals surface area contributed by atoms with Crippen molar-refractivity contribution >= 4 is 44.8 Å². The molecule has 6 heteroatoms. The molecule has 0 fully saturated rings. The molecule has 21 heavy (non-hydrogen) atoms. The smallest absolute Gasteiger partial charge is 0.255 e. The second-order valence-corrected chi connectivity index (χ2v) is 5.62. The van der Waals surface area contributed by atoms with Gasteiger partial charge >= 0.3 is 0 Å². The zero-order valence-electron chi connectivity index (χ0n) is 11.3. The Morgan fingerprint density at radius 2 is 2.10 bits per heavy atom. The number of rotatable bonds is 4. The van der Waals surface area contributed by atoms with E-state index in [-0.39, 0.29) is 5.91 Å². The average Bonchev–Trinajstić information content (AvgIpc) is 2.42. The van der Waals surface area contributed by atoms with Gasteiger partial charge in [-0.1, -0.05) is 27.5 Å². The van der Waals surface area contributed by atoms with Crippen LogP contribution in [0.2, 0.25) is 5.02 Å². The van der Waals surface area contributed by atoms with Crippen LogP contribution in [0.3, 0.4) is 0 Å². The number of nitrogen functional groups attached to an aromatic ring is 1. The molecule has 0 atom stereocenters. The van der Waals surface area contributed by atoms with Gasteiger partial charge < -0.3 is 15.8 Å². The standard InChI is InChI=1S/C15H14BrClN2O2/c1-2-21-12-6-9(5-11(18)8-12)15(20)19-14-7-10(16)3-4-13(14)17/h3-8H,2,18H2,1H3,(H,19,20). The SMILES string of the molecule is CCOc1cc(N)cc(C(=O)Nc2cc(Br)ccc2Cl)c1. The highest BCUT2D eigenvalue weighted by atomic mass is 79.9. The lowest BCUT2D eigenvalue weighted by Crippen LogP contribution is -2.13. The number of ether oxygens (including phenoxy) is 1. The Labute approximate surface area is 136 Å². The number of carbonyl (C=O) groups excluding carboxylic acids is 1. The summed E-state index contributed by atoms with van der Waals surface area (Å²) in [7, 11) is 0. The Hall–Kier alpha value is -1.72. The van der Waals surface area contributed by atoms with Crippen molar-refractivity contribution in [3.05, 3.63) is 51.5 Å². The van der Waals surface area contributed by atoms with Gasteiger partial charge in [-0.05, 0) is 37.3 Å². The molecule has 0 saturated carbocycles. The van der Waals surface area contributed by atoms with Gasteiger partial charge in [0.05, 0.1) is 17.3 Å². The molecule has 0 radical (unpaired) electrons. The molecule has 2 aromatic rings. The topological polar surface area (TPSA) is 64.3 Å². The third-order valence-corrected chi connectivity index (χ3v) is 3.50. The molecular weight excluding hydrogens is 356 g/mol. The van der Waals surface area contributed by atoms with Crippen LogP contribution in [0, 0.1) is 0 Å². The number of nitrogens with two attached hydrogens (primary N) is 1. The second-order valence-electron chi connectivity index (χ2n) is 4.30. The third-order valence-electron chi connectivity index (χ3n) is 2.68. The maximum absolute atomic E-state index is 12.3. The summed E-state index contributed by atoms with van der Waals surface area (Å²) in [5, 5.41) is 3.21. The lowest BCUT2D eigenvalue weighted by molar-refractivity contribution is 0.102. The molecule has 0 aliphatic heterocycles. The fraction of sp³-hybridized carbons (Fsp3) is 0.133. The van der Waals surface area contributed by atoms with Gasteiger partial charge in [0.1, 0.15) is 5.75 Å². The van der Waals surface area contributed by atoms with E-state index < -0.39 is 0 Å². The predicted molar refractivity (Wildman–Crippen MR) is 89.1 cm³/mol. The van der Waals surface area contributed by atoms with Crippen molar-refractivity contribution < 1.29 is 9.53 Å². The first-order valence-electron chi connectivity index (χ1n) is 6.29. The van der Waals surface area contributed by atoms with Crippen molar-refractivity contribution in [1.29, 1.82) is 0 Å². The van der Waals surface area contributed by atoms with E-state index in [9.17, 15) is 4.79 Å². The molecule has 0 aromatic heterocycles. The fourth-order valence-electron chi connectivity index (χ4n) is 1.79. The van der Waals surface area contributed by atoms with Gasteiger partial charge in [-0.2, -0.15) is 0 Å². The summed E-state index contributed by atoms with van der Waals surface area (Å²) >= 11 is 9.39. The van der Waals surface area contributed by atoms with Crippen molar-refractivity contribution in [2.45, 2.75) is 6.92 Å². The quantitative estimate of drug-likeness (QED) is 0.788. The fourth-order valence-corrected chi connectivity index (χ4v) is 2.32. The molecule has 3 N–H and O–H groups in total. The van der Waals surface area contributed by atoms with E-state index in [1.807, 2.05) is 6.92 Å². The summed E-state index contributed by atoms with van der Waals surface area (Å²) in [5.41, 5.74) is 7.18. The number of benzene rings is 2. The van der Waals surface area contributed by atoms with Gasteiger partial charge in [0.2, 0.25) is 0 Å². The van der Waals surface area contributed by atoms with Gasteiger partial charge in [0, 0.05) is 21.8 Å². The Morgan fingerprint density at radius 1 is 1.33 bits per heavy atom. The number of hydrogen-bond donors (Lipinski definition) is 2. The van der Waals surface area contributed by atoms with Crippen molar-refractivity contribution in [2.24, 2.45) is 0 Å². The summed E-state index contributed by atoms with van der Waals surface area (Å²) in [5.74, 6) is 0.256. The van der Waals surface area contributed by atoms with E-state index in [4.69, 9.17) is 22.1 Å². The highest BCUT2D eigenvalue weighted by molar-refractivity contribution is 9.10. The third kappa shape index (κ3) is 4.12. The van der Waals surface area contributed by atoms with Crippen LogP contribution in [0.25, 0.3) is 0 Å². The highest BCUT2D eigenvalue weighted by Gasteiger charge is 2.11. The molecule has 4 nitrogen and oxygen atoms in total. The molecule has 2 aromatic carbocycles. The van der Waals surface area contributed by atoms with Crippen LogP contribution in [-0.4, -0.2) is 12.5 Å². The molecule has 2 rings (SSSR count). The molecule has 0 saturated heterocycles. The Kier molecular flexibility index (Phi) is 5.09. The Balaban J connectivity index is 2.25. The minimum atomic E-state index is -0.303. The van der Waals surface area contributed by atoms with E-state index in [1.165, 1.54) is 0 Å². The van der Waals surface area contributed by atoms with Crippen molar-refractivity contribution in [2.75, 3.05) is 17.7 Å². The van der Waals surface area contributed by atoms with Gasteiger partial charge in [0.25, 0.3) is 5.91 Å². The van der Waals surface area contributed by atoms with E-state index in [1.54, 1.807) is 36.4 Å². The number of anilines is 2. The lowest BCUT2D eigenvalue weighted by atomic mass is 10.1. The molecule has 110 valence electrons. The predicted octanol–water partition coefficient (Wildman–Crippen LogP) is 4.34. The van der Waals surface area contributed by atoms with Gasteiger partial charge in [-0.15, -0.1) is 0 Å². The normalized spacial score (nSPS) is 10.2. The molecule has 0 unspecified atom stereocenters. The summed E-state index contributed by atoms with van der Waals surface area (Å²) in [6, 6.07) is 10.1. The zero-order chi connectivity index (χ0) is 15.4. The van der Waals surface area contributed by atoms with Gasteiger partial charge in [-0.3, -0.25) is 4.79 Å². The minimum absolute atomic E-state index is 0.303. The van der Waals surface area contributed by atoms with Crippen LogP contribution in [0.1, 0.15) is 17.3 Å². The molecule has 0 bridgehead atoms. The van der Waals surface area contributed by atoms with Crippen molar-refractivity contribution in [3.63, 3.8) is 0 Å². The average molecular weight is 370 g/mol. The maximum atomic E-state index is 12.3. The van der Waals surface area contributed by atoms with Crippen LogP contribution in [-0.2, 0) is 0 Å². The lowest BCUT2D eigenvalue weighted by Gasteiger charge is -2.10. The summed E-state index contributed by atoms with van der Waals surface area (Å²) in [6.45, 7) is 2.37. The maximum Gasteiger partial charge on any atom is 0.255 e. The van der Waals surface area contributed by atoms with E-state index in [2.05, 4.69) is 21.2 Å². The molecule has 0 aliphatic carbocycles. The number of hydrogen-bond acceptors (Lipinski definition) is 3. The summed E-state index contributed by atoms with van der Waals surface area (Å²) in [6.07, 6.45) is 0. The number of carbonyl (C=O) groups is 1. The molecule has 0 spiro atoms. The number of nitrogens with one attached hydrogen (secondary N) is 1. The molecule has 0 aliphatic rings. The van der Waals surface area contributed by atoms with Crippen LogP contribution in [0.4, 0.5) is 11.4 Å². The van der Waals surface area contributed by atoms with Crippen molar-refractivity contribution in [1.82, 2.24) is 0 Å². The largest absolute Gasteiger partial charge is 0.494 e. The van der Waals surface area contributed by atoms with Gasteiger partial charge in [-0.25, -0.2) is 0 Å². The second kappa shape index (κ2) is 6.83. The molecule has 0 heterocycles.